The Morgan fingerprint density at radius 3 is 2.45 bits per heavy atom. The van der Waals surface area contributed by atoms with Gasteiger partial charge in [-0.2, -0.15) is 5.10 Å². The topological polar surface area (TPSA) is 142 Å². The number of anilines is 1. The lowest BCUT2D eigenvalue weighted by Gasteiger charge is -2.13. The highest BCUT2D eigenvalue weighted by atomic mass is 16.6. The average molecular weight is 425 g/mol. The van der Waals surface area contributed by atoms with Gasteiger partial charge in [-0.25, -0.2) is 0 Å². The molecule has 0 aliphatic heterocycles. The third-order valence-corrected chi connectivity index (χ3v) is 4.75. The highest BCUT2D eigenvalue weighted by Gasteiger charge is 2.23. The smallest absolute Gasteiger partial charge is 0.312 e. The summed E-state index contributed by atoms with van der Waals surface area (Å²) in [6.45, 7) is 3.31. The van der Waals surface area contributed by atoms with Crippen LogP contribution in [0, 0.1) is 34.1 Å². The van der Waals surface area contributed by atoms with Crippen molar-refractivity contribution < 1.29 is 19.4 Å². The Hall–Kier alpha value is -4.28. The van der Waals surface area contributed by atoms with Gasteiger partial charge in [0.1, 0.15) is 17.1 Å². The largest absolute Gasteiger partial charge is 0.494 e. The Balaban J connectivity index is 1.91. The summed E-state index contributed by atoms with van der Waals surface area (Å²) in [5.41, 5.74) is 1.66. The molecule has 11 heteroatoms. The van der Waals surface area contributed by atoms with Crippen LogP contribution in [0.5, 0.6) is 5.75 Å². The van der Waals surface area contributed by atoms with Crippen molar-refractivity contribution in [2.75, 3.05) is 12.4 Å². The number of ether oxygens (including phenoxy) is 1. The second-order valence-electron chi connectivity index (χ2n) is 6.69. The zero-order valence-corrected chi connectivity index (χ0v) is 17.0. The number of rotatable bonds is 7. The number of carbonyl (C=O) groups is 1. The van der Waals surface area contributed by atoms with Crippen LogP contribution in [-0.2, 0) is 6.54 Å². The van der Waals surface area contributed by atoms with Gasteiger partial charge >= 0.3 is 5.69 Å². The molecule has 0 fully saturated rings. The van der Waals surface area contributed by atoms with Gasteiger partial charge < -0.3 is 10.1 Å². The molecule has 1 aromatic heterocycles. The zero-order chi connectivity index (χ0) is 22.7. The van der Waals surface area contributed by atoms with Gasteiger partial charge in [0.2, 0.25) is 0 Å². The van der Waals surface area contributed by atoms with Gasteiger partial charge in [-0.3, -0.25) is 29.7 Å². The number of non-ortho nitro benzene ring substituents is 1. The molecule has 2 aromatic carbocycles. The number of nitro groups is 2. The summed E-state index contributed by atoms with van der Waals surface area (Å²) in [6.07, 6.45) is 0. The number of aryl methyl sites for hydroxylation is 1. The lowest BCUT2D eigenvalue weighted by molar-refractivity contribution is -0.386. The number of nitrogens with zero attached hydrogens (tertiary/aromatic N) is 4. The summed E-state index contributed by atoms with van der Waals surface area (Å²) in [4.78, 5) is 34.1. The maximum absolute atomic E-state index is 12.9. The van der Waals surface area contributed by atoms with Crippen molar-refractivity contribution in [1.29, 1.82) is 0 Å². The summed E-state index contributed by atoms with van der Waals surface area (Å²) in [7, 11) is 1.35. The third kappa shape index (κ3) is 4.34. The van der Waals surface area contributed by atoms with Crippen molar-refractivity contribution in [2.45, 2.75) is 20.4 Å². The van der Waals surface area contributed by atoms with Crippen LogP contribution in [0.25, 0.3) is 0 Å². The maximum Gasteiger partial charge on any atom is 0.312 e. The minimum absolute atomic E-state index is 0.0578. The minimum Gasteiger partial charge on any atom is -0.494 e. The zero-order valence-electron chi connectivity index (χ0n) is 17.0. The Labute approximate surface area is 176 Å². The van der Waals surface area contributed by atoms with Gasteiger partial charge in [-0.1, -0.05) is 18.2 Å². The number of nitro benzene ring substituents is 1. The summed E-state index contributed by atoms with van der Waals surface area (Å²) in [5, 5.41) is 29.1. The van der Waals surface area contributed by atoms with Crippen LogP contribution in [0.1, 0.15) is 27.3 Å². The van der Waals surface area contributed by atoms with Gasteiger partial charge in [-0.15, -0.1) is 0 Å². The lowest BCUT2D eigenvalue weighted by Crippen LogP contribution is -2.16. The fourth-order valence-electron chi connectivity index (χ4n) is 3.23. The molecule has 11 nitrogen and oxygen atoms in total. The van der Waals surface area contributed by atoms with Crippen molar-refractivity contribution in [3.8, 4) is 5.75 Å². The van der Waals surface area contributed by atoms with E-state index in [-0.39, 0.29) is 29.4 Å². The van der Waals surface area contributed by atoms with Gasteiger partial charge in [0.25, 0.3) is 11.6 Å². The standard InChI is InChI=1S/C20H19N5O6/c1-12-19(25(29)30)13(2)23(22-12)11-14-6-4-5-7-16(14)20(26)21-17-9-8-15(24(27)28)10-18(17)31-3/h4-10H,11H2,1-3H3,(H,21,26). The van der Waals surface area contributed by atoms with Crippen LogP contribution < -0.4 is 10.1 Å². The number of amides is 1. The second-order valence-corrected chi connectivity index (χ2v) is 6.69. The van der Waals surface area contributed by atoms with Crippen molar-refractivity contribution in [3.05, 3.63) is 85.2 Å². The SMILES string of the molecule is COc1cc([N+](=O)[O-])ccc1NC(=O)c1ccccc1Cn1nc(C)c([N+](=O)[O-])c1C. The Morgan fingerprint density at radius 1 is 1.13 bits per heavy atom. The van der Waals surface area contributed by atoms with E-state index in [9.17, 15) is 25.0 Å². The first kappa shape index (κ1) is 21.4. The number of nitrogens with one attached hydrogen (secondary N) is 1. The Bertz CT molecular complexity index is 1190. The van der Waals surface area contributed by atoms with E-state index in [0.717, 1.165) is 0 Å². The monoisotopic (exact) mass is 425 g/mol. The molecular weight excluding hydrogens is 406 g/mol. The second kappa shape index (κ2) is 8.61. The molecule has 0 spiro atoms. The highest BCUT2D eigenvalue weighted by Crippen LogP contribution is 2.30. The van der Waals surface area contributed by atoms with E-state index in [1.54, 1.807) is 38.1 Å². The van der Waals surface area contributed by atoms with Crippen LogP contribution in [0.15, 0.2) is 42.5 Å². The number of carbonyl (C=O) groups excluding carboxylic acids is 1. The first-order valence-electron chi connectivity index (χ1n) is 9.13. The number of hydrogen-bond donors (Lipinski definition) is 1. The van der Waals surface area contributed by atoms with Crippen molar-refractivity contribution in [3.63, 3.8) is 0 Å². The molecule has 0 radical (unpaired) electrons. The number of benzene rings is 2. The van der Waals surface area contributed by atoms with E-state index in [0.29, 0.717) is 22.5 Å². The van der Waals surface area contributed by atoms with Crippen LogP contribution in [0.3, 0.4) is 0 Å². The number of hydrogen-bond acceptors (Lipinski definition) is 7. The summed E-state index contributed by atoms with van der Waals surface area (Å²) < 4.78 is 6.63. The van der Waals surface area contributed by atoms with Gasteiger partial charge in [-0.05, 0) is 31.5 Å². The normalized spacial score (nSPS) is 10.5. The first-order chi connectivity index (χ1) is 14.7. The number of aromatic nitrogens is 2. The molecule has 0 saturated carbocycles. The van der Waals surface area contributed by atoms with E-state index < -0.39 is 15.8 Å². The van der Waals surface area contributed by atoms with Gasteiger partial charge in [0.05, 0.1) is 35.3 Å². The molecule has 1 N–H and O–H groups in total. The van der Waals surface area contributed by atoms with Crippen molar-refractivity contribution >= 4 is 23.0 Å². The Kier molecular flexibility index (Phi) is 5.95. The molecule has 0 aliphatic carbocycles. The fourth-order valence-corrected chi connectivity index (χ4v) is 3.23. The van der Waals surface area contributed by atoms with E-state index in [4.69, 9.17) is 4.74 Å². The van der Waals surface area contributed by atoms with E-state index in [2.05, 4.69) is 10.4 Å². The molecule has 0 unspecified atom stereocenters. The highest BCUT2D eigenvalue weighted by molar-refractivity contribution is 6.06. The minimum atomic E-state index is -0.559. The summed E-state index contributed by atoms with van der Waals surface area (Å²) in [6, 6.07) is 10.7. The predicted octanol–water partition coefficient (Wildman–Crippen LogP) is 3.63. The molecule has 160 valence electrons. The molecule has 1 heterocycles. The molecule has 0 atom stereocenters. The number of methoxy groups -OCH3 is 1. The Morgan fingerprint density at radius 2 is 1.84 bits per heavy atom. The van der Waals surface area contributed by atoms with Crippen molar-refractivity contribution in [2.24, 2.45) is 0 Å². The van der Waals surface area contributed by atoms with E-state index in [1.807, 2.05) is 0 Å². The molecule has 1 amide bonds. The molecule has 3 aromatic rings. The predicted molar refractivity (Wildman–Crippen MR) is 112 cm³/mol. The summed E-state index contributed by atoms with van der Waals surface area (Å²) >= 11 is 0. The molecular formula is C20H19N5O6. The third-order valence-electron chi connectivity index (χ3n) is 4.75. The van der Waals surface area contributed by atoms with Crippen LogP contribution in [-0.4, -0.2) is 32.6 Å². The molecule has 0 saturated heterocycles. The van der Waals surface area contributed by atoms with Gasteiger partial charge in [0.15, 0.2) is 0 Å². The van der Waals surface area contributed by atoms with Crippen molar-refractivity contribution in [1.82, 2.24) is 9.78 Å². The summed E-state index contributed by atoms with van der Waals surface area (Å²) in [5.74, 6) is -0.312. The fraction of sp³-hybridized carbons (Fsp3) is 0.200. The van der Waals surface area contributed by atoms with E-state index in [1.165, 1.54) is 30.0 Å². The van der Waals surface area contributed by atoms with Gasteiger partial charge in [0, 0.05) is 11.6 Å². The molecule has 0 bridgehead atoms. The van der Waals surface area contributed by atoms with Crippen LogP contribution in [0.2, 0.25) is 0 Å². The molecule has 0 aliphatic rings. The van der Waals surface area contributed by atoms with Crippen LogP contribution >= 0.6 is 0 Å². The molecule has 31 heavy (non-hydrogen) atoms. The molecule has 3 rings (SSSR count). The lowest BCUT2D eigenvalue weighted by atomic mass is 10.1. The van der Waals surface area contributed by atoms with E-state index >= 15 is 0 Å². The quantitative estimate of drug-likeness (QED) is 0.450. The van der Waals surface area contributed by atoms with Crippen LogP contribution in [0.4, 0.5) is 17.1 Å². The average Bonchev–Trinajstić information content (AvgIpc) is 3.01. The first-order valence-corrected chi connectivity index (χ1v) is 9.13. The maximum atomic E-state index is 12.9.